The molecule has 0 spiro atoms. The quantitative estimate of drug-likeness (QED) is 0.796. The summed E-state index contributed by atoms with van der Waals surface area (Å²) >= 11 is 1.90. The highest BCUT2D eigenvalue weighted by molar-refractivity contribution is 7.11. The molecular weight excluding hydrogens is 354 g/mol. The Morgan fingerprint density at radius 3 is 2.56 bits per heavy atom. The van der Waals surface area contributed by atoms with Gasteiger partial charge in [-0.15, -0.1) is 11.3 Å². The number of urea groups is 1. The summed E-state index contributed by atoms with van der Waals surface area (Å²) < 4.78 is 0. The van der Waals surface area contributed by atoms with Gasteiger partial charge >= 0.3 is 6.03 Å². The van der Waals surface area contributed by atoms with Gasteiger partial charge < -0.3 is 9.80 Å². The second kappa shape index (κ2) is 7.28. The van der Waals surface area contributed by atoms with Gasteiger partial charge in [-0.1, -0.05) is 24.3 Å². The van der Waals surface area contributed by atoms with Crippen molar-refractivity contribution in [2.24, 2.45) is 11.8 Å². The lowest BCUT2D eigenvalue weighted by Gasteiger charge is -2.32. The highest BCUT2D eigenvalue weighted by Gasteiger charge is 2.49. The van der Waals surface area contributed by atoms with E-state index in [2.05, 4.69) is 60.0 Å². The van der Waals surface area contributed by atoms with E-state index in [1.54, 1.807) is 4.90 Å². The van der Waals surface area contributed by atoms with E-state index in [1.165, 1.54) is 20.9 Å². The van der Waals surface area contributed by atoms with Crippen LogP contribution in [-0.4, -0.2) is 54.5 Å². The standard InChI is InChI=1S/C22H29N3OS/c1-15-7-5-6-8-19(15)21-20-14-24(13-18-10-9-16(2)27-18)11-17(20)12-25(21)22(26)23(3)4/h5-10,17,20-21H,11-14H2,1-4H3/t17-,20-,21+/m1/s1. The zero-order valence-corrected chi connectivity index (χ0v) is 17.5. The Morgan fingerprint density at radius 2 is 1.89 bits per heavy atom. The Balaban J connectivity index is 1.59. The lowest BCUT2D eigenvalue weighted by Crippen LogP contribution is -2.41. The van der Waals surface area contributed by atoms with E-state index < -0.39 is 0 Å². The summed E-state index contributed by atoms with van der Waals surface area (Å²) in [4.78, 5) is 22.1. The maximum Gasteiger partial charge on any atom is 0.320 e. The van der Waals surface area contributed by atoms with Crippen LogP contribution in [0.25, 0.3) is 0 Å². The summed E-state index contributed by atoms with van der Waals surface area (Å²) in [7, 11) is 3.72. The van der Waals surface area contributed by atoms with Gasteiger partial charge in [0, 0.05) is 55.9 Å². The maximum absolute atomic E-state index is 12.9. The van der Waals surface area contributed by atoms with Crippen LogP contribution < -0.4 is 0 Å². The van der Waals surface area contributed by atoms with Gasteiger partial charge in [-0.2, -0.15) is 0 Å². The van der Waals surface area contributed by atoms with Crippen molar-refractivity contribution in [2.45, 2.75) is 26.4 Å². The summed E-state index contributed by atoms with van der Waals surface area (Å²) in [5, 5.41) is 0. The molecule has 2 aromatic rings. The zero-order valence-electron chi connectivity index (χ0n) is 16.7. The molecule has 0 radical (unpaired) electrons. The van der Waals surface area contributed by atoms with Crippen LogP contribution in [0.15, 0.2) is 36.4 Å². The number of benzene rings is 1. The Morgan fingerprint density at radius 1 is 1.11 bits per heavy atom. The SMILES string of the molecule is Cc1ccc(CN2C[C@@H]3CN(C(=O)N(C)C)[C@@H](c4ccccc4C)[C@@H]3C2)s1. The molecule has 0 N–H and O–H groups in total. The van der Waals surface area contributed by atoms with Gasteiger partial charge in [0.2, 0.25) is 0 Å². The van der Waals surface area contributed by atoms with Crippen LogP contribution in [0.3, 0.4) is 0 Å². The summed E-state index contributed by atoms with van der Waals surface area (Å²) in [5.74, 6) is 1.07. The molecule has 0 aliphatic carbocycles. The summed E-state index contributed by atoms with van der Waals surface area (Å²) in [6.45, 7) is 8.39. The molecular formula is C22H29N3OS. The predicted octanol–water partition coefficient (Wildman–Crippen LogP) is 4.15. The molecule has 2 aliphatic rings. The molecule has 4 rings (SSSR count). The Hall–Kier alpha value is -1.85. The van der Waals surface area contributed by atoms with Crippen molar-refractivity contribution < 1.29 is 4.79 Å². The van der Waals surface area contributed by atoms with Crippen LogP contribution in [0, 0.1) is 25.7 Å². The first-order valence-electron chi connectivity index (χ1n) is 9.75. The number of fused-ring (bicyclic) bond motifs is 1. The first-order chi connectivity index (χ1) is 12.9. The number of hydrogen-bond donors (Lipinski definition) is 0. The molecule has 0 saturated carbocycles. The van der Waals surface area contributed by atoms with Gasteiger partial charge in [0.15, 0.2) is 0 Å². The third-order valence-electron chi connectivity index (χ3n) is 6.05. The third kappa shape index (κ3) is 3.50. The monoisotopic (exact) mass is 383 g/mol. The van der Waals surface area contributed by atoms with E-state index in [0.29, 0.717) is 11.8 Å². The number of nitrogens with zero attached hydrogens (tertiary/aromatic N) is 3. The molecule has 2 aliphatic heterocycles. The van der Waals surface area contributed by atoms with Crippen LogP contribution >= 0.6 is 11.3 Å². The van der Waals surface area contributed by atoms with Crippen LogP contribution in [0.5, 0.6) is 0 Å². The molecule has 4 nitrogen and oxygen atoms in total. The third-order valence-corrected chi connectivity index (χ3v) is 7.04. The first kappa shape index (κ1) is 18.5. The number of likely N-dealkylation sites (tertiary alicyclic amines) is 2. The van der Waals surface area contributed by atoms with E-state index in [4.69, 9.17) is 0 Å². The van der Waals surface area contributed by atoms with E-state index >= 15 is 0 Å². The fraction of sp³-hybridized carbons (Fsp3) is 0.500. The van der Waals surface area contributed by atoms with Crippen LogP contribution in [-0.2, 0) is 6.54 Å². The van der Waals surface area contributed by atoms with E-state index in [0.717, 1.165) is 26.2 Å². The fourth-order valence-electron chi connectivity index (χ4n) is 4.83. The average Bonchev–Trinajstić information content (AvgIpc) is 3.29. The zero-order chi connectivity index (χ0) is 19.1. The van der Waals surface area contributed by atoms with Gasteiger partial charge in [-0.05, 0) is 43.0 Å². The van der Waals surface area contributed by atoms with Crippen molar-refractivity contribution in [3.63, 3.8) is 0 Å². The molecule has 2 fully saturated rings. The molecule has 3 atom stereocenters. The molecule has 1 aromatic heterocycles. The molecule has 2 amide bonds. The number of carbonyl (C=O) groups excluding carboxylic acids is 1. The minimum Gasteiger partial charge on any atom is -0.331 e. The van der Waals surface area contributed by atoms with Crippen molar-refractivity contribution in [3.05, 3.63) is 57.3 Å². The lowest BCUT2D eigenvalue weighted by atomic mass is 9.88. The van der Waals surface area contributed by atoms with Crippen molar-refractivity contribution in [2.75, 3.05) is 33.7 Å². The van der Waals surface area contributed by atoms with E-state index in [-0.39, 0.29) is 12.1 Å². The number of aryl methyl sites for hydroxylation is 2. The van der Waals surface area contributed by atoms with Gasteiger partial charge in [0.05, 0.1) is 6.04 Å². The second-order valence-electron chi connectivity index (χ2n) is 8.26. The largest absolute Gasteiger partial charge is 0.331 e. The smallest absolute Gasteiger partial charge is 0.320 e. The molecule has 0 bridgehead atoms. The van der Waals surface area contributed by atoms with Crippen molar-refractivity contribution in [1.29, 1.82) is 0 Å². The maximum atomic E-state index is 12.9. The van der Waals surface area contributed by atoms with Gasteiger partial charge in [0.25, 0.3) is 0 Å². The van der Waals surface area contributed by atoms with Crippen LogP contribution in [0.2, 0.25) is 0 Å². The highest BCUT2D eigenvalue weighted by atomic mass is 32.1. The van der Waals surface area contributed by atoms with Gasteiger partial charge in [0.1, 0.15) is 0 Å². The van der Waals surface area contributed by atoms with E-state index in [9.17, 15) is 4.79 Å². The molecule has 5 heteroatoms. The molecule has 3 heterocycles. The summed E-state index contributed by atoms with van der Waals surface area (Å²) in [6, 6.07) is 13.4. The normalized spacial score (nSPS) is 25.0. The summed E-state index contributed by atoms with van der Waals surface area (Å²) in [6.07, 6.45) is 0. The molecule has 27 heavy (non-hydrogen) atoms. The molecule has 2 saturated heterocycles. The number of amides is 2. The minimum absolute atomic E-state index is 0.137. The van der Waals surface area contributed by atoms with Crippen LogP contribution in [0.4, 0.5) is 4.79 Å². The van der Waals surface area contributed by atoms with Gasteiger partial charge in [-0.3, -0.25) is 4.90 Å². The number of rotatable bonds is 3. The van der Waals surface area contributed by atoms with E-state index in [1.807, 2.05) is 25.4 Å². The molecule has 144 valence electrons. The number of carbonyl (C=O) groups is 1. The second-order valence-corrected chi connectivity index (χ2v) is 9.63. The van der Waals surface area contributed by atoms with Crippen LogP contribution in [0.1, 0.15) is 26.9 Å². The summed E-state index contributed by atoms with van der Waals surface area (Å²) in [5.41, 5.74) is 2.60. The Bertz CT molecular complexity index is 830. The Kier molecular flexibility index (Phi) is 4.99. The minimum atomic E-state index is 0.137. The Labute approximate surface area is 166 Å². The number of hydrogen-bond acceptors (Lipinski definition) is 3. The van der Waals surface area contributed by atoms with Crippen molar-refractivity contribution >= 4 is 17.4 Å². The first-order valence-corrected chi connectivity index (χ1v) is 10.6. The predicted molar refractivity (Wildman–Crippen MR) is 111 cm³/mol. The lowest BCUT2D eigenvalue weighted by molar-refractivity contribution is 0.151. The van der Waals surface area contributed by atoms with Gasteiger partial charge in [-0.25, -0.2) is 4.79 Å². The highest BCUT2D eigenvalue weighted by Crippen LogP contribution is 2.46. The fourth-order valence-corrected chi connectivity index (χ4v) is 5.76. The number of thiophene rings is 1. The van der Waals surface area contributed by atoms with Crippen molar-refractivity contribution in [1.82, 2.24) is 14.7 Å². The topological polar surface area (TPSA) is 26.8 Å². The van der Waals surface area contributed by atoms with Crippen molar-refractivity contribution in [3.8, 4) is 0 Å². The molecule has 1 aromatic carbocycles. The average molecular weight is 384 g/mol. The molecule has 0 unspecified atom stereocenters.